The van der Waals surface area contributed by atoms with Gasteiger partial charge in [0.05, 0.1) is 11.4 Å². The molecule has 14 heavy (non-hydrogen) atoms. The van der Waals surface area contributed by atoms with Gasteiger partial charge >= 0.3 is 5.69 Å². The Labute approximate surface area is 79.9 Å². The maximum Gasteiger partial charge on any atom is 0.344 e. The number of nitrogens with one attached hydrogen (secondary N) is 1. The second-order valence-corrected chi connectivity index (χ2v) is 2.87. The summed E-state index contributed by atoms with van der Waals surface area (Å²) >= 11 is 0. The molecule has 0 aromatic carbocycles. The van der Waals surface area contributed by atoms with Crippen molar-refractivity contribution in [2.75, 3.05) is 0 Å². The Bertz CT molecular complexity index is 468. The van der Waals surface area contributed by atoms with Gasteiger partial charge in [0.15, 0.2) is 0 Å². The van der Waals surface area contributed by atoms with Gasteiger partial charge in [0.2, 0.25) is 0 Å². The van der Waals surface area contributed by atoms with Crippen molar-refractivity contribution >= 4 is 0 Å². The standard InChI is InChI=1S/C9H8N4O/c1-6-2-3-8(13-12-6)7-4-10-9(14)11-5-7/h2-5H,1H3,(H,10,11,14). The largest absolute Gasteiger partial charge is 0.344 e. The minimum atomic E-state index is -0.367. The molecule has 0 saturated heterocycles. The molecule has 0 aliphatic rings. The molecule has 0 fully saturated rings. The van der Waals surface area contributed by atoms with E-state index in [9.17, 15) is 4.79 Å². The normalized spacial score (nSPS) is 10.1. The van der Waals surface area contributed by atoms with E-state index in [0.717, 1.165) is 11.3 Å². The Balaban J connectivity index is 2.44. The van der Waals surface area contributed by atoms with Crippen LogP contribution in [0.15, 0.2) is 29.3 Å². The fraction of sp³-hybridized carbons (Fsp3) is 0.111. The predicted octanol–water partition coefficient (Wildman–Crippen LogP) is 0.535. The number of aryl methyl sites for hydroxylation is 1. The quantitative estimate of drug-likeness (QED) is 0.708. The van der Waals surface area contributed by atoms with E-state index in [4.69, 9.17) is 0 Å². The van der Waals surface area contributed by atoms with E-state index in [1.165, 1.54) is 6.20 Å². The average molecular weight is 188 g/mol. The minimum absolute atomic E-state index is 0.367. The van der Waals surface area contributed by atoms with Crippen LogP contribution < -0.4 is 5.69 Å². The van der Waals surface area contributed by atoms with Crippen molar-refractivity contribution in [3.8, 4) is 11.3 Å². The Morgan fingerprint density at radius 1 is 1.29 bits per heavy atom. The minimum Gasteiger partial charge on any atom is -0.312 e. The number of rotatable bonds is 1. The summed E-state index contributed by atoms with van der Waals surface area (Å²) in [6, 6.07) is 3.69. The number of hydrogen-bond donors (Lipinski definition) is 1. The third-order valence-corrected chi connectivity index (χ3v) is 1.77. The Kier molecular flexibility index (Phi) is 2.06. The molecule has 1 N–H and O–H groups in total. The highest BCUT2D eigenvalue weighted by Crippen LogP contribution is 2.11. The molecule has 2 heterocycles. The molecule has 0 spiro atoms. The summed E-state index contributed by atoms with van der Waals surface area (Å²) in [5.74, 6) is 0. The van der Waals surface area contributed by atoms with E-state index >= 15 is 0 Å². The maximum absolute atomic E-state index is 10.7. The molecule has 0 unspecified atom stereocenters. The predicted molar refractivity (Wildman–Crippen MR) is 50.6 cm³/mol. The van der Waals surface area contributed by atoms with E-state index in [2.05, 4.69) is 20.2 Å². The first-order valence-corrected chi connectivity index (χ1v) is 4.11. The number of aromatic nitrogens is 4. The highest BCUT2D eigenvalue weighted by Gasteiger charge is 1.99. The second-order valence-electron chi connectivity index (χ2n) is 2.87. The fourth-order valence-electron chi connectivity index (χ4n) is 1.04. The van der Waals surface area contributed by atoms with Gasteiger partial charge in [-0.05, 0) is 19.1 Å². The summed E-state index contributed by atoms with van der Waals surface area (Å²) in [7, 11) is 0. The van der Waals surface area contributed by atoms with Gasteiger partial charge in [-0.2, -0.15) is 10.2 Å². The molecule has 0 aliphatic carbocycles. The van der Waals surface area contributed by atoms with Gasteiger partial charge in [-0.25, -0.2) is 9.78 Å². The summed E-state index contributed by atoms with van der Waals surface area (Å²) in [6.45, 7) is 1.86. The lowest BCUT2D eigenvalue weighted by molar-refractivity contribution is 0.979. The van der Waals surface area contributed by atoms with Crippen LogP contribution in [0.3, 0.4) is 0 Å². The van der Waals surface area contributed by atoms with Crippen molar-refractivity contribution in [2.45, 2.75) is 6.92 Å². The lowest BCUT2D eigenvalue weighted by atomic mass is 10.2. The SMILES string of the molecule is Cc1ccc(-c2cnc(=O)[nH]c2)nn1. The summed E-state index contributed by atoms with van der Waals surface area (Å²) in [6.07, 6.45) is 3.03. The molecule has 2 rings (SSSR count). The molecule has 0 saturated carbocycles. The van der Waals surface area contributed by atoms with Crippen LogP contribution in [-0.4, -0.2) is 20.2 Å². The summed E-state index contributed by atoms with van der Waals surface area (Å²) in [4.78, 5) is 16.8. The molecule has 5 heteroatoms. The van der Waals surface area contributed by atoms with E-state index in [1.807, 2.05) is 19.1 Å². The third-order valence-electron chi connectivity index (χ3n) is 1.77. The Morgan fingerprint density at radius 2 is 2.14 bits per heavy atom. The summed E-state index contributed by atoms with van der Waals surface area (Å²) in [5, 5.41) is 7.87. The smallest absolute Gasteiger partial charge is 0.312 e. The van der Waals surface area contributed by atoms with E-state index in [0.29, 0.717) is 5.69 Å². The topological polar surface area (TPSA) is 71.5 Å². The molecular weight excluding hydrogens is 180 g/mol. The number of nitrogens with zero attached hydrogens (tertiary/aromatic N) is 3. The monoisotopic (exact) mass is 188 g/mol. The van der Waals surface area contributed by atoms with Gasteiger partial charge in [0.1, 0.15) is 0 Å². The first kappa shape index (κ1) is 8.55. The van der Waals surface area contributed by atoms with Crippen molar-refractivity contribution in [3.63, 3.8) is 0 Å². The van der Waals surface area contributed by atoms with E-state index in [-0.39, 0.29) is 5.69 Å². The molecule has 5 nitrogen and oxygen atoms in total. The molecule has 0 aliphatic heterocycles. The highest BCUT2D eigenvalue weighted by atomic mass is 16.1. The zero-order chi connectivity index (χ0) is 9.97. The first-order chi connectivity index (χ1) is 6.75. The van der Waals surface area contributed by atoms with Crippen LogP contribution in [0.2, 0.25) is 0 Å². The van der Waals surface area contributed by atoms with Crippen LogP contribution in [0.25, 0.3) is 11.3 Å². The molecular formula is C9H8N4O. The van der Waals surface area contributed by atoms with Crippen molar-refractivity contribution < 1.29 is 0 Å². The van der Waals surface area contributed by atoms with Crippen molar-refractivity contribution in [2.24, 2.45) is 0 Å². The van der Waals surface area contributed by atoms with Crippen LogP contribution in [0.5, 0.6) is 0 Å². The fourth-order valence-corrected chi connectivity index (χ4v) is 1.04. The highest BCUT2D eigenvalue weighted by molar-refractivity contribution is 5.55. The van der Waals surface area contributed by atoms with Gasteiger partial charge < -0.3 is 4.98 Å². The summed E-state index contributed by atoms with van der Waals surface area (Å²) < 4.78 is 0. The van der Waals surface area contributed by atoms with Crippen LogP contribution >= 0.6 is 0 Å². The first-order valence-electron chi connectivity index (χ1n) is 4.11. The molecule has 0 amide bonds. The van der Waals surface area contributed by atoms with Gasteiger partial charge in [-0.15, -0.1) is 0 Å². The van der Waals surface area contributed by atoms with Gasteiger partial charge in [-0.1, -0.05) is 0 Å². The zero-order valence-electron chi connectivity index (χ0n) is 7.56. The van der Waals surface area contributed by atoms with Crippen molar-refractivity contribution in [1.82, 2.24) is 20.2 Å². The third kappa shape index (κ3) is 1.66. The van der Waals surface area contributed by atoms with Crippen molar-refractivity contribution in [1.29, 1.82) is 0 Å². The van der Waals surface area contributed by atoms with Crippen LogP contribution in [0.4, 0.5) is 0 Å². The van der Waals surface area contributed by atoms with Crippen LogP contribution in [0.1, 0.15) is 5.69 Å². The van der Waals surface area contributed by atoms with Crippen molar-refractivity contribution in [3.05, 3.63) is 40.7 Å². The van der Waals surface area contributed by atoms with Crippen LogP contribution in [0, 0.1) is 6.92 Å². The molecule has 2 aromatic heterocycles. The van der Waals surface area contributed by atoms with Crippen LogP contribution in [-0.2, 0) is 0 Å². The second kappa shape index (κ2) is 3.37. The number of aromatic amines is 1. The average Bonchev–Trinajstić information content (AvgIpc) is 2.21. The molecule has 70 valence electrons. The lowest BCUT2D eigenvalue weighted by Crippen LogP contribution is -2.08. The number of hydrogen-bond acceptors (Lipinski definition) is 4. The zero-order valence-corrected chi connectivity index (χ0v) is 7.56. The van der Waals surface area contributed by atoms with Gasteiger partial charge in [0, 0.05) is 18.0 Å². The molecule has 0 bridgehead atoms. The van der Waals surface area contributed by atoms with E-state index < -0.39 is 0 Å². The maximum atomic E-state index is 10.7. The van der Waals surface area contributed by atoms with E-state index in [1.54, 1.807) is 6.20 Å². The van der Waals surface area contributed by atoms with Gasteiger partial charge in [0.25, 0.3) is 0 Å². The lowest BCUT2D eigenvalue weighted by Gasteiger charge is -1.97. The molecule has 2 aromatic rings. The number of H-pyrrole nitrogens is 1. The molecule has 0 radical (unpaired) electrons. The van der Waals surface area contributed by atoms with Gasteiger partial charge in [-0.3, -0.25) is 0 Å². The Morgan fingerprint density at radius 3 is 2.71 bits per heavy atom. The Hall–Kier alpha value is -2.04. The summed E-state index contributed by atoms with van der Waals surface area (Å²) in [5.41, 5.74) is 1.93. The molecule has 0 atom stereocenters.